The minimum Gasteiger partial charge on any atom is -0.385 e. The predicted molar refractivity (Wildman–Crippen MR) is 75.3 cm³/mol. The molecule has 0 atom stereocenters. The number of fused-ring (bicyclic) bond motifs is 1. The molecule has 1 aliphatic rings. The third-order valence-electron chi connectivity index (χ3n) is 2.68. The van der Waals surface area contributed by atoms with E-state index in [1.54, 1.807) is 12.1 Å². The van der Waals surface area contributed by atoms with Crippen LogP contribution in [0.3, 0.4) is 0 Å². The summed E-state index contributed by atoms with van der Waals surface area (Å²) in [7, 11) is 0. The maximum Gasteiger partial charge on any atom is 0.266 e. The highest BCUT2D eigenvalue weighted by Crippen LogP contribution is 2.01. The topological polar surface area (TPSA) is 106 Å². The molecule has 1 aromatic heterocycles. The van der Waals surface area contributed by atoms with Gasteiger partial charge in [0.25, 0.3) is 5.96 Å². The van der Waals surface area contributed by atoms with Crippen LogP contribution in [0.5, 0.6) is 0 Å². The molecular formula is C12H11FN8. The number of nitrogens with two attached hydrogens (primary N) is 1. The average Bonchev–Trinajstić information content (AvgIpc) is 2.87. The number of aromatic nitrogens is 3. The zero-order chi connectivity index (χ0) is 14.7. The monoisotopic (exact) mass is 286 g/mol. The Balaban J connectivity index is 1.77. The quantitative estimate of drug-likeness (QED) is 0.602. The lowest BCUT2D eigenvalue weighted by Crippen LogP contribution is -2.28. The molecule has 0 unspecified atom stereocenters. The third kappa shape index (κ3) is 2.91. The lowest BCUT2D eigenvalue weighted by atomic mass is 10.2. The molecule has 0 bridgehead atoms. The van der Waals surface area contributed by atoms with Gasteiger partial charge in [-0.1, -0.05) is 12.1 Å². The van der Waals surface area contributed by atoms with Crippen LogP contribution in [0.15, 0.2) is 45.9 Å². The molecule has 1 aliphatic heterocycles. The molecule has 3 N–H and O–H groups in total. The zero-order valence-electron chi connectivity index (χ0n) is 10.8. The van der Waals surface area contributed by atoms with Crippen LogP contribution in [0.25, 0.3) is 0 Å². The van der Waals surface area contributed by atoms with Crippen molar-refractivity contribution in [1.29, 1.82) is 0 Å². The Morgan fingerprint density at radius 2 is 2.10 bits per heavy atom. The van der Waals surface area contributed by atoms with Crippen LogP contribution in [0.2, 0.25) is 0 Å². The Bertz CT molecular complexity index is 728. The van der Waals surface area contributed by atoms with Gasteiger partial charge in [0.05, 0.1) is 12.6 Å². The lowest BCUT2D eigenvalue weighted by molar-refractivity contribution is 0.628. The zero-order valence-corrected chi connectivity index (χ0v) is 10.8. The van der Waals surface area contributed by atoms with Crippen LogP contribution in [0, 0.1) is 5.82 Å². The van der Waals surface area contributed by atoms with Gasteiger partial charge in [-0.15, -0.1) is 10.2 Å². The van der Waals surface area contributed by atoms with Gasteiger partial charge in [-0.3, -0.25) is 0 Å². The van der Waals surface area contributed by atoms with Crippen molar-refractivity contribution in [1.82, 2.24) is 20.2 Å². The van der Waals surface area contributed by atoms with Crippen LogP contribution in [0.1, 0.15) is 11.4 Å². The molecule has 8 nitrogen and oxygen atoms in total. The van der Waals surface area contributed by atoms with Gasteiger partial charge in [-0.25, -0.2) is 14.8 Å². The molecule has 0 amide bonds. The Labute approximate surface area is 118 Å². The first-order valence-electron chi connectivity index (χ1n) is 6.06. The van der Waals surface area contributed by atoms with Crippen LogP contribution >= 0.6 is 0 Å². The second-order valence-corrected chi connectivity index (χ2v) is 4.20. The molecule has 2 heterocycles. The third-order valence-corrected chi connectivity index (χ3v) is 2.68. The number of nitrogens with one attached hydrogen (secondary N) is 1. The van der Waals surface area contributed by atoms with Crippen LogP contribution in [0.4, 0.5) is 4.39 Å². The molecular weight excluding hydrogens is 275 g/mol. The van der Waals surface area contributed by atoms with E-state index < -0.39 is 0 Å². The molecule has 0 saturated carbocycles. The van der Waals surface area contributed by atoms with Crippen LogP contribution in [-0.2, 0) is 6.42 Å². The number of hydrogen-bond donors (Lipinski definition) is 2. The van der Waals surface area contributed by atoms with Gasteiger partial charge in [0.2, 0.25) is 0 Å². The Morgan fingerprint density at radius 3 is 2.90 bits per heavy atom. The normalized spacial score (nSPS) is 14.3. The Hall–Kier alpha value is -3.10. The summed E-state index contributed by atoms with van der Waals surface area (Å²) in [5.74, 6) is 0.923. The summed E-state index contributed by atoms with van der Waals surface area (Å²) in [4.78, 5) is 4.07. The van der Waals surface area contributed by atoms with Crippen molar-refractivity contribution in [2.24, 2.45) is 21.0 Å². The van der Waals surface area contributed by atoms with Crippen LogP contribution < -0.4 is 11.2 Å². The number of hydrogen-bond acceptors (Lipinski definition) is 7. The molecule has 106 valence electrons. The molecule has 0 saturated heterocycles. The fourth-order valence-corrected chi connectivity index (χ4v) is 1.70. The first kappa shape index (κ1) is 12.9. The summed E-state index contributed by atoms with van der Waals surface area (Å²) < 4.78 is 14.3. The van der Waals surface area contributed by atoms with Crippen molar-refractivity contribution in [2.45, 2.75) is 6.42 Å². The molecule has 0 radical (unpaired) electrons. The van der Waals surface area contributed by atoms with E-state index in [0.29, 0.717) is 18.1 Å². The smallest absolute Gasteiger partial charge is 0.266 e. The summed E-state index contributed by atoms with van der Waals surface area (Å²) in [6.45, 7) is 0. The van der Waals surface area contributed by atoms with E-state index in [9.17, 15) is 4.39 Å². The summed E-state index contributed by atoms with van der Waals surface area (Å²) in [5.41, 5.74) is 9.11. The van der Waals surface area contributed by atoms with Gasteiger partial charge in [-0.2, -0.15) is 14.9 Å². The molecule has 0 aliphatic carbocycles. The van der Waals surface area contributed by atoms with Gasteiger partial charge in [0.15, 0.2) is 0 Å². The number of hydrazone groups is 1. The van der Waals surface area contributed by atoms with E-state index >= 15 is 0 Å². The molecule has 3 rings (SSSR count). The van der Waals surface area contributed by atoms with Crippen molar-refractivity contribution in [3.63, 3.8) is 0 Å². The molecule has 0 spiro atoms. The van der Waals surface area contributed by atoms with Crippen molar-refractivity contribution < 1.29 is 4.39 Å². The highest BCUT2D eigenvalue weighted by atomic mass is 19.1. The van der Waals surface area contributed by atoms with E-state index in [1.165, 1.54) is 29.4 Å². The number of halogens is 1. The fourth-order valence-electron chi connectivity index (χ4n) is 1.70. The Kier molecular flexibility index (Phi) is 3.37. The van der Waals surface area contributed by atoms with E-state index in [4.69, 9.17) is 5.73 Å². The summed E-state index contributed by atoms with van der Waals surface area (Å²) in [5, 5.41) is 15.8. The van der Waals surface area contributed by atoms with Crippen molar-refractivity contribution in [3.8, 4) is 0 Å². The average molecular weight is 286 g/mol. The van der Waals surface area contributed by atoms with Crippen molar-refractivity contribution in [2.75, 3.05) is 0 Å². The summed E-state index contributed by atoms with van der Waals surface area (Å²) in [6.07, 6.45) is 3.28. The second-order valence-electron chi connectivity index (χ2n) is 4.20. The number of amidine groups is 1. The van der Waals surface area contributed by atoms with Crippen molar-refractivity contribution >= 4 is 18.0 Å². The fraction of sp³-hybridized carbons (Fsp3) is 0.0833. The first-order chi connectivity index (χ1) is 10.2. The maximum atomic E-state index is 12.8. The van der Waals surface area contributed by atoms with Gasteiger partial charge in [0.1, 0.15) is 23.8 Å². The highest BCUT2D eigenvalue weighted by Gasteiger charge is 2.14. The first-order valence-corrected chi connectivity index (χ1v) is 6.06. The molecule has 9 heteroatoms. The summed E-state index contributed by atoms with van der Waals surface area (Å²) in [6, 6.07) is 5.91. The van der Waals surface area contributed by atoms with Crippen LogP contribution in [-0.4, -0.2) is 32.8 Å². The SMILES string of the molecule is NC1=NN=C(N/N=C\c2ccc(F)cc2)n2ncnc2C1. The standard InChI is InChI=1S/C12H11FN8/c13-9-3-1-8(2-4-9)6-16-19-12-20-18-10(14)5-11-15-7-17-21(11)12/h1-4,6-7H,5H2,(H2,14,18)(H,19,20)/b16-6-. The molecule has 1 aromatic carbocycles. The summed E-state index contributed by atoms with van der Waals surface area (Å²) >= 11 is 0. The van der Waals surface area contributed by atoms with E-state index in [1.807, 2.05) is 0 Å². The number of benzene rings is 1. The van der Waals surface area contributed by atoms with Gasteiger partial charge in [-0.05, 0) is 17.7 Å². The maximum absolute atomic E-state index is 12.8. The number of rotatable bonds is 2. The minimum absolute atomic E-state index is 0.279. The lowest BCUT2D eigenvalue weighted by Gasteiger charge is -2.03. The molecule has 0 fully saturated rings. The van der Waals surface area contributed by atoms with Gasteiger partial charge < -0.3 is 5.73 Å². The van der Waals surface area contributed by atoms with E-state index in [0.717, 1.165) is 5.56 Å². The van der Waals surface area contributed by atoms with Crippen molar-refractivity contribution in [3.05, 3.63) is 47.8 Å². The van der Waals surface area contributed by atoms with E-state index in [2.05, 4.69) is 30.8 Å². The van der Waals surface area contributed by atoms with E-state index in [-0.39, 0.29) is 11.8 Å². The number of nitrogens with zero attached hydrogens (tertiary/aromatic N) is 6. The molecule has 2 aromatic rings. The highest BCUT2D eigenvalue weighted by molar-refractivity contribution is 5.89. The predicted octanol–water partition coefficient (Wildman–Crippen LogP) is 0.0733. The Morgan fingerprint density at radius 1 is 1.29 bits per heavy atom. The van der Waals surface area contributed by atoms with Gasteiger partial charge in [0, 0.05) is 0 Å². The van der Waals surface area contributed by atoms with Gasteiger partial charge >= 0.3 is 0 Å². The molecule has 21 heavy (non-hydrogen) atoms. The minimum atomic E-state index is -0.301. The largest absolute Gasteiger partial charge is 0.385 e. The second kappa shape index (κ2) is 5.49.